The summed E-state index contributed by atoms with van der Waals surface area (Å²) in [6, 6.07) is 13.7. The molecule has 118 valence electrons. The molecule has 0 radical (unpaired) electrons. The first-order valence-electron chi connectivity index (χ1n) is 7.93. The summed E-state index contributed by atoms with van der Waals surface area (Å²) in [6.07, 6.45) is 5.16. The lowest BCUT2D eigenvalue weighted by Gasteiger charge is -2.28. The van der Waals surface area contributed by atoms with Gasteiger partial charge in [-0.05, 0) is 42.2 Å². The third-order valence-corrected chi connectivity index (χ3v) is 4.23. The summed E-state index contributed by atoms with van der Waals surface area (Å²) >= 11 is 0. The van der Waals surface area contributed by atoms with Crippen LogP contribution in [0, 0.1) is 6.92 Å². The van der Waals surface area contributed by atoms with Crippen LogP contribution in [-0.4, -0.2) is 22.5 Å². The smallest absolute Gasteiger partial charge is 0.226 e. The molecule has 3 rings (SSSR count). The Labute approximate surface area is 136 Å². The fourth-order valence-corrected chi connectivity index (χ4v) is 2.86. The molecule has 1 N–H and O–H groups in total. The number of nitrogens with zero attached hydrogens (tertiary/aromatic N) is 1. The normalized spacial score (nSPS) is 14.0. The number of rotatable bonds is 3. The Balaban J connectivity index is 1.60. The maximum Gasteiger partial charge on any atom is 0.226 e. The van der Waals surface area contributed by atoms with Crippen molar-refractivity contribution in [2.75, 3.05) is 6.54 Å². The molecule has 3 nitrogen and oxygen atoms in total. The van der Waals surface area contributed by atoms with Crippen LogP contribution >= 0.6 is 0 Å². The third kappa shape index (κ3) is 3.81. The second-order valence-electron chi connectivity index (χ2n) is 6.04. The van der Waals surface area contributed by atoms with Crippen LogP contribution in [0.25, 0.3) is 6.08 Å². The molecule has 0 bridgehead atoms. The van der Waals surface area contributed by atoms with Gasteiger partial charge in [0.1, 0.15) is 5.75 Å². The highest BCUT2D eigenvalue weighted by Crippen LogP contribution is 2.23. The average molecular weight is 307 g/mol. The van der Waals surface area contributed by atoms with Crippen LogP contribution < -0.4 is 0 Å². The van der Waals surface area contributed by atoms with E-state index in [1.54, 1.807) is 12.1 Å². The first-order valence-corrected chi connectivity index (χ1v) is 7.93. The van der Waals surface area contributed by atoms with Crippen molar-refractivity contribution in [2.45, 2.75) is 26.3 Å². The van der Waals surface area contributed by atoms with Crippen LogP contribution in [0.2, 0.25) is 0 Å². The van der Waals surface area contributed by atoms with Crippen molar-refractivity contribution in [3.05, 3.63) is 70.8 Å². The molecule has 1 aliphatic heterocycles. The van der Waals surface area contributed by atoms with Gasteiger partial charge in [-0.15, -0.1) is 0 Å². The van der Waals surface area contributed by atoms with Gasteiger partial charge >= 0.3 is 0 Å². The molecule has 0 saturated carbocycles. The van der Waals surface area contributed by atoms with Crippen molar-refractivity contribution in [3.63, 3.8) is 0 Å². The molecule has 1 amide bonds. The minimum Gasteiger partial charge on any atom is -0.508 e. The second-order valence-corrected chi connectivity index (χ2v) is 6.04. The third-order valence-electron chi connectivity index (χ3n) is 4.23. The SMILES string of the molecule is Cc1ccc(C=CCC(=O)N2CCc3ccc(O)cc3C2)cc1. The number of amides is 1. The van der Waals surface area contributed by atoms with Gasteiger partial charge in [0.05, 0.1) is 0 Å². The Bertz CT molecular complexity index is 732. The number of fused-ring (bicyclic) bond motifs is 1. The summed E-state index contributed by atoms with van der Waals surface area (Å²) < 4.78 is 0. The van der Waals surface area contributed by atoms with Crippen LogP contribution in [0.5, 0.6) is 5.75 Å². The van der Waals surface area contributed by atoms with E-state index >= 15 is 0 Å². The number of carbonyl (C=O) groups is 1. The number of carbonyl (C=O) groups excluding carboxylic acids is 1. The lowest BCUT2D eigenvalue weighted by molar-refractivity contribution is -0.131. The minimum atomic E-state index is 0.127. The molecule has 3 heteroatoms. The predicted octanol–water partition coefficient (Wildman–Crippen LogP) is 3.69. The van der Waals surface area contributed by atoms with Crippen molar-refractivity contribution in [2.24, 2.45) is 0 Å². The molecule has 0 fully saturated rings. The van der Waals surface area contributed by atoms with Crippen LogP contribution in [0.1, 0.15) is 28.7 Å². The monoisotopic (exact) mass is 307 g/mol. The maximum atomic E-state index is 12.3. The molecule has 0 saturated heterocycles. The van der Waals surface area contributed by atoms with E-state index in [1.807, 2.05) is 23.1 Å². The molecule has 1 heterocycles. The van der Waals surface area contributed by atoms with Crippen molar-refractivity contribution in [1.29, 1.82) is 0 Å². The van der Waals surface area contributed by atoms with Crippen molar-refractivity contribution in [3.8, 4) is 5.75 Å². The van der Waals surface area contributed by atoms with E-state index in [0.29, 0.717) is 13.0 Å². The summed E-state index contributed by atoms with van der Waals surface area (Å²) in [5.41, 5.74) is 4.61. The summed E-state index contributed by atoms with van der Waals surface area (Å²) in [5.74, 6) is 0.389. The quantitative estimate of drug-likeness (QED) is 0.939. The van der Waals surface area contributed by atoms with Gasteiger partial charge in [-0.3, -0.25) is 4.79 Å². The van der Waals surface area contributed by atoms with E-state index in [9.17, 15) is 9.90 Å². The fraction of sp³-hybridized carbons (Fsp3) is 0.250. The highest BCUT2D eigenvalue weighted by molar-refractivity contribution is 5.79. The van der Waals surface area contributed by atoms with E-state index in [1.165, 1.54) is 11.1 Å². The summed E-state index contributed by atoms with van der Waals surface area (Å²) in [6.45, 7) is 3.39. The number of benzene rings is 2. The van der Waals surface area contributed by atoms with Crippen LogP contribution in [0.3, 0.4) is 0 Å². The molecular weight excluding hydrogens is 286 g/mol. The van der Waals surface area contributed by atoms with Gasteiger partial charge in [-0.25, -0.2) is 0 Å². The van der Waals surface area contributed by atoms with E-state index in [2.05, 4.69) is 31.2 Å². The zero-order valence-corrected chi connectivity index (χ0v) is 13.3. The highest BCUT2D eigenvalue weighted by Gasteiger charge is 2.19. The average Bonchev–Trinajstić information content (AvgIpc) is 2.56. The molecule has 0 unspecified atom stereocenters. The largest absolute Gasteiger partial charge is 0.508 e. The minimum absolute atomic E-state index is 0.127. The van der Waals surface area contributed by atoms with Gasteiger partial charge < -0.3 is 10.0 Å². The van der Waals surface area contributed by atoms with Crippen molar-refractivity contribution >= 4 is 12.0 Å². The zero-order chi connectivity index (χ0) is 16.2. The van der Waals surface area contributed by atoms with Gasteiger partial charge in [0.25, 0.3) is 0 Å². The molecule has 2 aromatic rings. The number of aromatic hydroxyl groups is 1. The number of aryl methyl sites for hydroxylation is 1. The lowest BCUT2D eigenvalue weighted by Crippen LogP contribution is -2.35. The van der Waals surface area contributed by atoms with E-state index in [4.69, 9.17) is 0 Å². The summed E-state index contributed by atoms with van der Waals surface area (Å²) in [7, 11) is 0. The first-order chi connectivity index (χ1) is 11.1. The van der Waals surface area contributed by atoms with Crippen LogP contribution in [-0.2, 0) is 17.8 Å². The van der Waals surface area contributed by atoms with Crippen molar-refractivity contribution < 1.29 is 9.90 Å². The number of hydrogen-bond donors (Lipinski definition) is 1. The predicted molar refractivity (Wildman–Crippen MR) is 92.1 cm³/mol. The maximum absolute atomic E-state index is 12.3. The van der Waals surface area contributed by atoms with Gasteiger partial charge in [0.15, 0.2) is 0 Å². The molecule has 2 aromatic carbocycles. The molecule has 0 atom stereocenters. The van der Waals surface area contributed by atoms with E-state index in [0.717, 1.165) is 24.1 Å². The Hall–Kier alpha value is -2.55. The topological polar surface area (TPSA) is 40.5 Å². The lowest BCUT2D eigenvalue weighted by atomic mass is 9.99. The van der Waals surface area contributed by atoms with E-state index in [-0.39, 0.29) is 11.7 Å². The molecule has 23 heavy (non-hydrogen) atoms. The second kappa shape index (κ2) is 6.69. The summed E-state index contributed by atoms with van der Waals surface area (Å²) in [5, 5.41) is 9.59. The molecule has 1 aliphatic rings. The van der Waals surface area contributed by atoms with Gasteiger partial charge in [0.2, 0.25) is 5.91 Å². The highest BCUT2D eigenvalue weighted by atomic mass is 16.3. The zero-order valence-electron chi connectivity index (χ0n) is 13.3. The molecule has 0 aliphatic carbocycles. The van der Waals surface area contributed by atoms with Crippen LogP contribution in [0.15, 0.2) is 48.5 Å². The number of hydrogen-bond acceptors (Lipinski definition) is 2. The van der Waals surface area contributed by atoms with E-state index < -0.39 is 0 Å². The van der Waals surface area contributed by atoms with Gasteiger partial charge in [-0.1, -0.05) is 48.0 Å². The first kappa shape index (κ1) is 15.3. The van der Waals surface area contributed by atoms with Gasteiger partial charge in [-0.2, -0.15) is 0 Å². The molecule has 0 aromatic heterocycles. The van der Waals surface area contributed by atoms with Gasteiger partial charge in [0, 0.05) is 19.5 Å². The molecule has 0 spiro atoms. The number of phenolic OH excluding ortho intramolecular Hbond substituents is 1. The number of phenols is 1. The standard InChI is InChI=1S/C20H21NO2/c1-15-5-7-16(8-6-15)3-2-4-20(23)21-12-11-17-9-10-19(22)13-18(17)14-21/h2-3,5-10,13,22H,4,11-12,14H2,1H3. The Morgan fingerprint density at radius 1 is 1.17 bits per heavy atom. The van der Waals surface area contributed by atoms with Crippen molar-refractivity contribution in [1.82, 2.24) is 4.90 Å². The van der Waals surface area contributed by atoms with Crippen LogP contribution in [0.4, 0.5) is 0 Å². The fourth-order valence-electron chi connectivity index (χ4n) is 2.86. The Morgan fingerprint density at radius 2 is 1.96 bits per heavy atom. The Morgan fingerprint density at radius 3 is 2.74 bits per heavy atom. The summed E-state index contributed by atoms with van der Waals surface area (Å²) in [4.78, 5) is 14.2. The Kier molecular flexibility index (Phi) is 4.47. The molecular formula is C20H21NO2.